The minimum atomic E-state index is -2.22. The van der Waals surface area contributed by atoms with Gasteiger partial charge in [-0.25, -0.2) is 0 Å². The summed E-state index contributed by atoms with van der Waals surface area (Å²) >= 11 is 0. The molecule has 6 nitrogen and oxygen atoms in total. The quantitative estimate of drug-likeness (QED) is 0.617. The molecule has 0 radical (unpaired) electrons. The molecule has 0 aromatic heterocycles. The van der Waals surface area contributed by atoms with Crippen LogP contribution in [0.15, 0.2) is 12.2 Å². The van der Waals surface area contributed by atoms with Gasteiger partial charge in [-0.05, 0) is 44.4 Å². The van der Waals surface area contributed by atoms with Crippen molar-refractivity contribution in [3.8, 4) is 0 Å². The van der Waals surface area contributed by atoms with Gasteiger partial charge in [-0.15, -0.1) is 0 Å². The molecule has 5 fully saturated rings. The predicted molar refractivity (Wildman–Crippen MR) is 101 cm³/mol. The lowest BCUT2D eigenvalue weighted by Crippen LogP contribution is -2.86. The number of rotatable bonds is 2. The molecule has 0 unspecified atom stereocenters. The van der Waals surface area contributed by atoms with Crippen LogP contribution in [0, 0.1) is 34.0 Å². The highest BCUT2D eigenvalue weighted by atomic mass is 16.6. The summed E-state index contributed by atoms with van der Waals surface area (Å²) in [5, 5.41) is 34.5. The first-order chi connectivity index (χ1) is 12.9. The Morgan fingerprint density at radius 2 is 1.82 bits per heavy atom. The number of aliphatic hydroxyl groups is 3. The molecular weight excluding hydrogens is 360 g/mol. The van der Waals surface area contributed by atoms with Gasteiger partial charge in [0, 0.05) is 18.3 Å². The molecule has 3 saturated carbocycles. The monoisotopic (exact) mass is 392 g/mol. The molecule has 156 valence electrons. The summed E-state index contributed by atoms with van der Waals surface area (Å²) in [6.07, 6.45) is -0.643. The van der Waals surface area contributed by atoms with Gasteiger partial charge in [0.15, 0.2) is 0 Å². The van der Waals surface area contributed by atoms with Gasteiger partial charge in [0.1, 0.15) is 23.1 Å². The van der Waals surface area contributed by atoms with E-state index in [9.17, 15) is 24.9 Å². The Balaban J connectivity index is 2.01. The zero-order valence-corrected chi connectivity index (χ0v) is 17.2. The molecule has 2 aliphatic heterocycles. The van der Waals surface area contributed by atoms with E-state index in [1.807, 2.05) is 13.8 Å². The van der Waals surface area contributed by atoms with E-state index in [1.165, 1.54) is 6.92 Å². The fraction of sp³-hybridized carbons (Fsp3) is 0.818. The Morgan fingerprint density at radius 3 is 2.39 bits per heavy atom. The van der Waals surface area contributed by atoms with Crippen molar-refractivity contribution >= 4 is 11.6 Å². The van der Waals surface area contributed by atoms with E-state index < -0.39 is 57.8 Å². The van der Waals surface area contributed by atoms with E-state index >= 15 is 0 Å². The second-order valence-electron chi connectivity index (χ2n) is 10.3. The van der Waals surface area contributed by atoms with Crippen LogP contribution in [0.4, 0.5) is 0 Å². The van der Waals surface area contributed by atoms with Crippen LogP contribution in [0.2, 0.25) is 0 Å². The zero-order valence-electron chi connectivity index (χ0n) is 17.2. The van der Waals surface area contributed by atoms with Crippen molar-refractivity contribution in [2.75, 3.05) is 6.61 Å². The molecule has 5 aliphatic rings. The summed E-state index contributed by atoms with van der Waals surface area (Å²) in [5.74, 6) is -4.17. The van der Waals surface area contributed by atoms with E-state index in [4.69, 9.17) is 4.74 Å². The van der Waals surface area contributed by atoms with Crippen LogP contribution < -0.4 is 0 Å². The predicted octanol–water partition coefficient (Wildman–Crippen LogP) is 1.61. The van der Waals surface area contributed by atoms with Gasteiger partial charge in [0.2, 0.25) is 5.79 Å². The maximum atomic E-state index is 13.4. The number of carbonyl (C=O) groups excluding carboxylic acids is 2. The van der Waals surface area contributed by atoms with Crippen molar-refractivity contribution in [1.29, 1.82) is 0 Å². The highest BCUT2D eigenvalue weighted by molar-refractivity contribution is 5.92. The number of ether oxygens (including phenoxy) is 1. The Labute approximate surface area is 166 Å². The summed E-state index contributed by atoms with van der Waals surface area (Å²) < 4.78 is 5.81. The molecule has 3 N–H and O–H groups in total. The van der Waals surface area contributed by atoms with Gasteiger partial charge in [-0.1, -0.05) is 26.0 Å². The normalized spacial score (nSPS) is 52.0. The lowest BCUT2D eigenvalue weighted by molar-refractivity contribution is -0.441. The second kappa shape index (κ2) is 5.75. The van der Waals surface area contributed by atoms with Crippen LogP contribution in [-0.2, 0) is 14.3 Å². The summed E-state index contributed by atoms with van der Waals surface area (Å²) in [4.78, 5) is 26.6. The Hall–Kier alpha value is -1.08. The van der Waals surface area contributed by atoms with E-state index in [2.05, 4.69) is 6.58 Å². The SMILES string of the molecule is C=C(C)[C@@H]1CC[C@H]2[C@@]34CO[C@@](O)([C@@H](O)[C@@H]3C(C)(C)CCC4=O)[C@@]2(C(C)=O)[C@@H]1O. The molecule has 2 heterocycles. The van der Waals surface area contributed by atoms with Crippen LogP contribution in [-0.4, -0.2) is 51.5 Å². The zero-order chi connectivity index (χ0) is 20.9. The Bertz CT molecular complexity index is 758. The lowest BCUT2D eigenvalue weighted by atomic mass is 9.34. The highest BCUT2D eigenvalue weighted by Crippen LogP contribution is 2.73. The fourth-order valence-corrected chi connectivity index (χ4v) is 7.59. The average molecular weight is 392 g/mol. The van der Waals surface area contributed by atoms with Gasteiger partial charge in [0.05, 0.1) is 18.1 Å². The minimum absolute atomic E-state index is 0.0162. The van der Waals surface area contributed by atoms with Crippen molar-refractivity contribution in [1.82, 2.24) is 0 Å². The van der Waals surface area contributed by atoms with Crippen LogP contribution in [0.5, 0.6) is 0 Å². The Kier molecular flexibility index (Phi) is 4.15. The third-order valence-electron chi connectivity index (χ3n) is 8.75. The van der Waals surface area contributed by atoms with Gasteiger partial charge in [0.25, 0.3) is 0 Å². The number of hydrogen-bond acceptors (Lipinski definition) is 6. The molecule has 0 aromatic carbocycles. The standard InChI is InChI=1S/C22H32O6/c1-11(2)13-6-7-14-20-10-28-22(27,21(14,12(3)23)17(13)25)18(26)16(20)19(4,5)9-8-15(20)24/h13-14,16-18,25-27H,1,6-10H2,2-5H3/t13-,14-,16+,17+,18-,20+,21+,22-/m0/s1. The van der Waals surface area contributed by atoms with Gasteiger partial charge in [-0.3, -0.25) is 9.59 Å². The molecule has 2 bridgehead atoms. The van der Waals surface area contributed by atoms with Crippen LogP contribution in [0.1, 0.15) is 53.4 Å². The number of carbonyl (C=O) groups is 2. The second-order valence-corrected chi connectivity index (χ2v) is 10.3. The third kappa shape index (κ3) is 1.93. The molecule has 5 rings (SSSR count). The number of fused-ring (bicyclic) bond motifs is 1. The highest BCUT2D eigenvalue weighted by Gasteiger charge is 2.84. The molecule has 3 aliphatic carbocycles. The summed E-state index contributed by atoms with van der Waals surface area (Å²) in [6, 6.07) is 0. The topological polar surface area (TPSA) is 104 Å². The van der Waals surface area contributed by atoms with Crippen molar-refractivity contribution in [2.24, 2.45) is 34.0 Å². The summed E-state index contributed by atoms with van der Waals surface area (Å²) in [6.45, 7) is 11.1. The first-order valence-electron chi connectivity index (χ1n) is 10.3. The molecule has 0 amide bonds. The molecular formula is C22H32O6. The van der Waals surface area contributed by atoms with Gasteiger partial charge in [-0.2, -0.15) is 0 Å². The van der Waals surface area contributed by atoms with Gasteiger partial charge < -0.3 is 20.1 Å². The molecule has 8 atom stereocenters. The van der Waals surface area contributed by atoms with E-state index in [0.29, 0.717) is 25.7 Å². The van der Waals surface area contributed by atoms with E-state index in [0.717, 1.165) is 5.57 Å². The number of ketones is 2. The lowest BCUT2D eigenvalue weighted by Gasteiger charge is -2.74. The molecule has 1 spiro atoms. The maximum Gasteiger partial charge on any atom is 0.208 e. The average Bonchev–Trinajstić information content (AvgIpc) is 2.59. The maximum absolute atomic E-state index is 13.4. The van der Waals surface area contributed by atoms with Crippen molar-refractivity contribution in [3.05, 3.63) is 12.2 Å². The summed E-state index contributed by atoms with van der Waals surface area (Å²) in [5.41, 5.74) is -2.50. The van der Waals surface area contributed by atoms with Crippen molar-refractivity contribution in [2.45, 2.75) is 71.4 Å². The van der Waals surface area contributed by atoms with E-state index in [1.54, 1.807) is 6.92 Å². The first-order valence-corrected chi connectivity index (χ1v) is 10.3. The molecule has 28 heavy (non-hydrogen) atoms. The van der Waals surface area contributed by atoms with Gasteiger partial charge >= 0.3 is 0 Å². The van der Waals surface area contributed by atoms with Crippen molar-refractivity contribution < 1.29 is 29.6 Å². The molecule has 0 aromatic rings. The number of hydrogen-bond donors (Lipinski definition) is 3. The molecule has 6 heteroatoms. The van der Waals surface area contributed by atoms with Crippen LogP contribution in [0.25, 0.3) is 0 Å². The number of Topliss-reactive ketones (excluding diaryl/α,β-unsaturated/α-hetero) is 2. The van der Waals surface area contributed by atoms with E-state index in [-0.39, 0.29) is 12.4 Å². The first kappa shape index (κ1) is 20.2. The smallest absolute Gasteiger partial charge is 0.208 e. The van der Waals surface area contributed by atoms with Crippen LogP contribution >= 0.6 is 0 Å². The van der Waals surface area contributed by atoms with Crippen LogP contribution in [0.3, 0.4) is 0 Å². The van der Waals surface area contributed by atoms with Crippen molar-refractivity contribution in [3.63, 3.8) is 0 Å². The third-order valence-corrected chi connectivity index (χ3v) is 8.75. The Morgan fingerprint density at radius 1 is 1.18 bits per heavy atom. The molecule has 2 saturated heterocycles. The minimum Gasteiger partial charge on any atom is -0.391 e. The summed E-state index contributed by atoms with van der Waals surface area (Å²) in [7, 11) is 0. The largest absolute Gasteiger partial charge is 0.391 e. The fourth-order valence-electron chi connectivity index (χ4n) is 7.59. The number of aliphatic hydroxyl groups excluding tert-OH is 2.